The van der Waals surface area contributed by atoms with Gasteiger partial charge in [-0.1, -0.05) is 41.9 Å². The normalized spacial score (nSPS) is 13.5. The summed E-state index contributed by atoms with van der Waals surface area (Å²) in [4.78, 5) is 11.3. The first-order chi connectivity index (χ1) is 10.8. The van der Waals surface area contributed by atoms with Gasteiger partial charge < -0.3 is 4.57 Å². The maximum Gasteiger partial charge on any atom is 0.150 e. The van der Waals surface area contributed by atoms with Crippen molar-refractivity contribution in [1.82, 2.24) is 4.57 Å². The molecule has 4 rings (SSSR count). The summed E-state index contributed by atoms with van der Waals surface area (Å²) in [6.45, 7) is 0.656. The highest BCUT2D eigenvalue weighted by Gasteiger charge is 2.22. The lowest BCUT2D eigenvalue weighted by molar-refractivity contribution is 0.112. The minimum Gasteiger partial charge on any atom is -0.340 e. The van der Waals surface area contributed by atoms with Gasteiger partial charge in [-0.15, -0.1) is 0 Å². The van der Waals surface area contributed by atoms with Gasteiger partial charge in [-0.05, 0) is 37.0 Å². The first-order valence-corrected chi connectivity index (χ1v) is 7.99. The molecule has 0 saturated heterocycles. The fourth-order valence-corrected chi connectivity index (χ4v) is 3.86. The lowest BCUT2D eigenvalue weighted by Gasteiger charge is -2.13. The summed E-state index contributed by atoms with van der Waals surface area (Å²) in [5, 5.41) is 2.00. The van der Waals surface area contributed by atoms with Crippen LogP contribution in [0.3, 0.4) is 0 Å². The summed E-state index contributed by atoms with van der Waals surface area (Å²) in [5.74, 6) is 0. The van der Waals surface area contributed by atoms with Gasteiger partial charge in [0.05, 0.1) is 6.54 Å². The highest BCUT2D eigenvalue weighted by atomic mass is 35.5. The van der Waals surface area contributed by atoms with Crippen molar-refractivity contribution in [2.24, 2.45) is 0 Å². The average Bonchev–Trinajstić information content (AvgIpc) is 3.12. The predicted octanol–water partition coefficient (Wildman–Crippen LogP) is 4.64. The lowest BCUT2D eigenvalue weighted by atomic mass is 10.1. The van der Waals surface area contributed by atoms with Crippen molar-refractivity contribution in [3.05, 3.63) is 69.9 Å². The van der Waals surface area contributed by atoms with E-state index in [0.29, 0.717) is 17.1 Å². The van der Waals surface area contributed by atoms with E-state index in [1.165, 1.54) is 28.6 Å². The van der Waals surface area contributed by atoms with E-state index in [2.05, 4.69) is 28.8 Å². The van der Waals surface area contributed by atoms with E-state index in [1.54, 1.807) is 0 Å². The predicted molar refractivity (Wildman–Crippen MR) is 89.9 cm³/mol. The molecule has 1 aliphatic rings. The number of carbonyl (C=O) groups excluding carboxylic acids is 1. The number of carbonyl (C=O) groups is 1. The van der Waals surface area contributed by atoms with E-state index >= 15 is 0 Å². The van der Waals surface area contributed by atoms with Crippen LogP contribution in [0.25, 0.3) is 10.9 Å². The Morgan fingerprint density at radius 2 is 1.95 bits per heavy atom. The summed E-state index contributed by atoms with van der Waals surface area (Å²) in [6.07, 6.45) is 4.35. The molecule has 0 unspecified atom stereocenters. The van der Waals surface area contributed by atoms with Gasteiger partial charge in [0.2, 0.25) is 0 Å². The molecule has 110 valence electrons. The first-order valence-electron chi connectivity index (χ1n) is 7.61. The molecule has 3 aromatic rings. The first kappa shape index (κ1) is 13.6. The fourth-order valence-electron chi connectivity index (χ4n) is 3.62. The molecule has 0 spiro atoms. The fraction of sp³-hybridized carbons (Fsp3) is 0.211. The Bertz CT molecular complexity index is 879. The molecule has 0 radical (unpaired) electrons. The molecule has 1 aliphatic carbocycles. The molecule has 2 nitrogen and oxygen atoms in total. The number of aromatic nitrogens is 1. The Labute approximate surface area is 134 Å². The maximum absolute atomic E-state index is 11.3. The van der Waals surface area contributed by atoms with E-state index in [4.69, 9.17) is 11.6 Å². The van der Waals surface area contributed by atoms with Crippen LogP contribution in [0.2, 0.25) is 5.02 Å². The molecular formula is C19H16ClNO. The Hall–Kier alpha value is -2.06. The highest BCUT2D eigenvalue weighted by molar-refractivity contribution is 6.31. The van der Waals surface area contributed by atoms with Gasteiger partial charge in [-0.3, -0.25) is 4.79 Å². The molecule has 0 fully saturated rings. The summed E-state index contributed by atoms with van der Waals surface area (Å²) < 4.78 is 2.34. The van der Waals surface area contributed by atoms with Crippen LogP contribution in [-0.2, 0) is 19.4 Å². The van der Waals surface area contributed by atoms with Crippen molar-refractivity contribution in [3.8, 4) is 0 Å². The molecule has 0 bridgehead atoms. The molecule has 3 heteroatoms. The third kappa shape index (κ3) is 1.98. The Morgan fingerprint density at radius 1 is 1.09 bits per heavy atom. The van der Waals surface area contributed by atoms with Crippen LogP contribution in [0.5, 0.6) is 0 Å². The third-order valence-electron chi connectivity index (χ3n) is 4.63. The summed E-state index contributed by atoms with van der Waals surface area (Å²) in [7, 11) is 0. The largest absolute Gasteiger partial charge is 0.340 e. The van der Waals surface area contributed by atoms with Crippen LogP contribution in [0.15, 0.2) is 42.5 Å². The Kier molecular flexibility index (Phi) is 3.27. The number of fused-ring (bicyclic) bond motifs is 3. The van der Waals surface area contributed by atoms with Crippen molar-refractivity contribution in [2.45, 2.75) is 25.8 Å². The summed E-state index contributed by atoms with van der Waals surface area (Å²) in [5.41, 5.74) is 5.70. The minimum absolute atomic E-state index is 0.656. The van der Waals surface area contributed by atoms with E-state index in [9.17, 15) is 4.79 Å². The number of rotatable bonds is 3. The molecule has 1 heterocycles. The second-order valence-corrected chi connectivity index (χ2v) is 6.21. The number of hydrogen-bond donors (Lipinski definition) is 0. The van der Waals surface area contributed by atoms with E-state index < -0.39 is 0 Å². The topological polar surface area (TPSA) is 22.0 Å². The van der Waals surface area contributed by atoms with Crippen molar-refractivity contribution >= 4 is 28.8 Å². The highest BCUT2D eigenvalue weighted by Crippen LogP contribution is 2.34. The minimum atomic E-state index is 0.656. The number of nitrogens with zero attached hydrogens (tertiary/aromatic N) is 1. The molecule has 0 amide bonds. The number of para-hydroxylation sites is 1. The smallest absolute Gasteiger partial charge is 0.150 e. The van der Waals surface area contributed by atoms with Gasteiger partial charge >= 0.3 is 0 Å². The molecule has 0 saturated carbocycles. The molecule has 0 atom stereocenters. The quantitative estimate of drug-likeness (QED) is 0.646. The van der Waals surface area contributed by atoms with Crippen LogP contribution >= 0.6 is 11.6 Å². The van der Waals surface area contributed by atoms with Crippen LogP contribution in [-0.4, -0.2) is 10.9 Å². The van der Waals surface area contributed by atoms with Gasteiger partial charge in [0.1, 0.15) is 6.29 Å². The Morgan fingerprint density at radius 3 is 2.82 bits per heavy atom. The molecule has 2 aromatic carbocycles. The molecule has 0 N–H and O–H groups in total. The van der Waals surface area contributed by atoms with Gasteiger partial charge in [0.25, 0.3) is 0 Å². The van der Waals surface area contributed by atoms with Gasteiger partial charge in [0.15, 0.2) is 0 Å². The van der Waals surface area contributed by atoms with Crippen molar-refractivity contribution in [2.75, 3.05) is 0 Å². The average molecular weight is 310 g/mol. The third-order valence-corrected chi connectivity index (χ3v) is 4.99. The van der Waals surface area contributed by atoms with E-state index in [0.717, 1.165) is 24.7 Å². The van der Waals surface area contributed by atoms with Gasteiger partial charge in [-0.25, -0.2) is 0 Å². The van der Waals surface area contributed by atoms with Crippen molar-refractivity contribution in [1.29, 1.82) is 0 Å². The van der Waals surface area contributed by atoms with Gasteiger partial charge in [0, 0.05) is 32.7 Å². The Balaban J connectivity index is 1.92. The van der Waals surface area contributed by atoms with E-state index in [-0.39, 0.29) is 0 Å². The van der Waals surface area contributed by atoms with Crippen LogP contribution in [0, 0.1) is 0 Å². The summed E-state index contributed by atoms with van der Waals surface area (Å²) >= 11 is 6.35. The SMILES string of the molecule is O=Cc1cccc(Cl)c1Cn1c2c(c3ccccc31)CCC2. The monoisotopic (exact) mass is 309 g/mol. The van der Waals surface area contributed by atoms with Crippen molar-refractivity contribution in [3.63, 3.8) is 0 Å². The number of hydrogen-bond acceptors (Lipinski definition) is 1. The second kappa shape index (κ2) is 5.29. The lowest BCUT2D eigenvalue weighted by Crippen LogP contribution is -2.06. The number of aldehydes is 1. The van der Waals surface area contributed by atoms with Crippen LogP contribution in [0.4, 0.5) is 0 Å². The molecule has 1 aromatic heterocycles. The van der Waals surface area contributed by atoms with Crippen LogP contribution < -0.4 is 0 Å². The zero-order chi connectivity index (χ0) is 15.1. The summed E-state index contributed by atoms with van der Waals surface area (Å²) in [6, 6.07) is 14.0. The number of halogens is 1. The number of aryl methyl sites for hydroxylation is 1. The van der Waals surface area contributed by atoms with Crippen molar-refractivity contribution < 1.29 is 4.79 Å². The molecule has 0 aliphatic heterocycles. The molecule has 22 heavy (non-hydrogen) atoms. The zero-order valence-electron chi connectivity index (χ0n) is 12.2. The van der Waals surface area contributed by atoms with E-state index in [1.807, 2.05) is 18.2 Å². The number of benzene rings is 2. The van der Waals surface area contributed by atoms with Gasteiger partial charge in [-0.2, -0.15) is 0 Å². The van der Waals surface area contributed by atoms with Crippen LogP contribution in [0.1, 0.15) is 33.6 Å². The zero-order valence-corrected chi connectivity index (χ0v) is 12.9. The standard InChI is InChI=1S/C19H16ClNO/c20-17-8-3-5-13(12-22)16(17)11-21-18-9-2-1-6-14(18)15-7-4-10-19(15)21/h1-3,5-6,8-9,12H,4,7,10-11H2. The maximum atomic E-state index is 11.3. The second-order valence-electron chi connectivity index (χ2n) is 5.81. The molecular weight excluding hydrogens is 294 g/mol.